The summed E-state index contributed by atoms with van der Waals surface area (Å²) in [6, 6.07) is 8.11. The Morgan fingerprint density at radius 3 is 2.92 bits per heavy atom. The number of pyridine rings is 1. The van der Waals surface area contributed by atoms with Crippen LogP contribution in [0.25, 0.3) is 22.2 Å². The molecule has 0 spiro atoms. The highest BCUT2D eigenvalue weighted by atomic mass is 35.5. The van der Waals surface area contributed by atoms with Gasteiger partial charge in [-0.2, -0.15) is 5.10 Å². The van der Waals surface area contributed by atoms with Gasteiger partial charge in [0.25, 0.3) is 0 Å². The Morgan fingerprint density at radius 2 is 2.04 bits per heavy atom. The SMILES string of the molecule is Clc1ccc2c3c(nn2CCN2CCOCC2)-c2cccnc2Sc13. The van der Waals surface area contributed by atoms with Gasteiger partial charge in [0.15, 0.2) is 0 Å². The molecule has 0 amide bonds. The molecule has 0 radical (unpaired) electrons. The lowest BCUT2D eigenvalue weighted by Gasteiger charge is -2.26. The van der Waals surface area contributed by atoms with Crippen molar-refractivity contribution in [3.05, 3.63) is 35.5 Å². The maximum Gasteiger partial charge on any atom is 0.110 e. The molecular weight excluding hydrogens is 356 g/mol. The van der Waals surface area contributed by atoms with Gasteiger partial charge < -0.3 is 4.74 Å². The predicted octanol–water partition coefficient (Wildman–Crippen LogP) is 3.55. The molecule has 1 saturated heterocycles. The van der Waals surface area contributed by atoms with E-state index < -0.39 is 0 Å². The maximum absolute atomic E-state index is 6.48. The molecule has 0 N–H and O–H groups in total. The number of ether oxygens (including phenoxy) is 1. The molecular formula is C18H17ClN4OS. The Balaban J connectivity index is 1.57. The number of rotatable bonds is 3. The number of fused-ring (bicyclic) bond motifs is 2. The molecule has 1 aromatic carbocycles. The van der Waals surface area contributed by atoms with E-state index in [0.29, 0.717) is 0 Å². The van der Waals surface area contributed by atoms with Crippen molar-refractivity contribution in [2.24, 2.45) is 0 Å². The summed E-state index contributed by atoms with van der Waals surface area (Å²) in [4.78, 5) is 8.00. The lowest BCUT2D eigenvalue weighted by molar-refractivity contribution is 0.0361. The van der Waals surface area contributed by atoms with Crippen LogP contribution >= 0.6 is 23.4 Å². The molecule has 2 aliphatic heterocycles. The van der Waals surface area contributed by atoms with Gasteiger partial charge >= 0.3 is 0 Å². The Kier molecular flexibility index (Phi) is 3.93. The first-order chi connectivity index (χ1) is 12.3. The third-order valence-electron chi connectivity index (χ3n) is 4.78. The Bertz CT molecular complexity index is 952. The molecule has 1 fully saturated rings. The van der Waals surface area contributed by atoms with Crippen LogP contribution in [0.3, 0.4) is 0 Å². The minimum absolute atomic E-state index is 0.766. The van der Waals surface area contributed by atoms with Crippen molar-refractivity contribution < 1.29 is 4.74 Å². The third-order valence-corrected chi connectivity index (χ3v) is 6.35. The predicted molar refractivity (Wildman–Crippen MR) is 99.4 cm³/mol. The minimum atomic E-state index is 0.766. The maximum atomic E-state index is 6.48. The molecule has 5 nitrogen and oxygen atoms in total. The highest BCUT2D eigenvalue weighted by Crippen LogP contribution is 2.49. The summed E-state index contributed by atoms with van der Waals surface area (Å²) in [7, 11) is 0. The van der Waals surface area contributed by atoms with Crippen LogP contribution in [0, 0.1) is 0 Å². The van der Waals surface area contributed by atoms with Crippen LogP contribution in [0.4, 0.5) is 0 Å². The average molecular weight is 373 g/mol. The quantitative estimate of drug-likeness (QED) is 0.550. The lowest BCUT2D eigenvalue weighted by atomic mass is 10.1. The van der Waals surface area contributed by atoms with E-state index >= 15 is 0 Å². The van der Waals surface area contributed by atoms with Crippen LogP contribution in [0.5, 0.6) is 0 Å². The molecule has 4 heterocycles. The Morgan fingerprint density at radius 1 is 1.16 bits per heavy atom. The van der Waals surface area contributed by atoms with Gasteiger partial charge in [0, 0.05) is 41.7 Å². The first-order valence-electron chi connectivity index (χ1n) is 8.43. The fourth-order valence-electron chi connectivity index (χ4n) is 3.48. The first-order valence-corrected chi connectivity index (χ1v) is 9.63. The minimum Gasteiger partial charge on any atom is -0.379 e. The summed E-state index contributed by atoms with van der Waals surface area (Å²) in [5.41, 5.74) is 3.23. The number of hydrogen-bond acceptors (Lipinski definition) is 5. The lowest BCUT2D eigenvalue weighted by Crippen LogP contribution is -2.38. The molecule has 3 aromatic rings. The van der Waals surface area contributed by atoms with Gasteiger partial charge in [0.2, 0.25) is 0 Å². The zero-order chi connectivity index (χ0) is 16.8. The van der Waals surface area contributed by atoms with Gasteiger partial charge in [0.1, 0.15) is 10.7 Å². The van der Waals surface area contributed by atoms with E-state index in [-0.39, 0.29) is 0 Å². The van der Waals surface area contributed by atoms with E-state index in [4.69, 9.17) is 21.4 Å². The summed E-state index contributed by atoms with van der Waals surface area (Å²) in [6.07, 6.45) is 1.82. The summed E-state index contributed by atoms with van der Waals surface area (Å²) in [6.45, 7) is 5.46. The highest BCUT2D eigenvalue weighted by molar-refractivity contribution is 7.99. The molecule has 0 aliphatic carbocycles. The van der Waals surface area contributed by atoms with Gasteiger partial charge in [-0.1, -0.05) is 23.4 Å². The zero-order valence-corrected chi connectivity index (χ0v) is 15.2. The molecule has 2 aromatic heterocycles. The Labute approximate surface area is 154 Å². The highest BCUT2D eigenvalue weighted by Gasteiger charge is 2.26. The van der Waals surface area contributed by atoms with E-state index in [1.807, 2.05) is 18.3 Å². The van der Waals surface area contributed by atoms with E-state index in [0.717, 1.165) is 76.5 Å². The number of nitrogens with zero attached hydrogens (tertiary/aromatic N) is 4. The van der Waals surface area contributed by atoms with Crippen molar-refractivity contribution in [2.75, 3.05) is 32.8 Å². The molecule has 25 heavy (non-hydrogen) atoms. The number of benzene rings is 1. The van der Waals surface area contributed by atoms with Gasteiger partial charge in [-0.15, -0.1) is 0 Å². The van der Waals surface area contributed by atoms with Crippen LogP contribution in [0.2, 0.25) is 5.02 Å². The standard InChI is InChI=1S/C18H17ClN4OS/c19-13-3-4-14-15-16(12-2-1-5-20-18(12)25-17(13)15)21-23(14)7-6-22-8-10-24-11-9-22/h1-5H,6-11H2. The van der Waals surface area contributed by atoms with Crippen molar-refractivity contribution in [1.29, 1.82) is 0 Å². The van der Waals surface area contributed by atoms with Crippen LogP contribution in [0.15, 0.2) is 40.4 Å². The van der Waals surface area contributed by atoms with Crippen LogP contribution < -0.4 is 0 Å². The first kappa shape index (κ1) is 15.6. The number of morpholine rings is 1. The second-order valence-corrected chi connectivity index (χ2v) is 7.66. The summed E-state index contributed by atoms with van der Waals surface area (Å²) in [5.74, 6) is 0. The summed E-state index contributed by atoms with van der Waals surface area (Å²) >= 11 is 8.11. The smallest absolute Gasteiger partial charge is 0.110 e. The van der Waals surface area contributed by atoms with Gasteiger partial charge in [-0.25, -0.2) is 4.98 Å². The molecule has 0 unspecified atom stereocenters. The zero-order valence-electron chi connectivity index (χ0n) is 13.6. The van der Waals surface area contributed by atoms with Gasteiger partial charge in [-0.05, 0) is 24.3 Å². The third kappa shape index (κ3) is 2.64. The van der Waals surface area contributed by atoms with E-state index in [1.54, 1.807) is 11.8 Å². The number of halogens is 1. The monoisotopic (exact) mass is 372 g/mol. The summed E-state index contributed by atoms with van der Waals surface area (Å²) < 4.78 is 7.54. The number of aromatic nitrogens is 3. The molecule has 128 valence electrons. The summed E-state index contributed by atoms with van der Waals surface area (Å²) in [5, 5.41) is 7.83. The van der Waals surface area contributed by atoms with Crippen LogP contribution in [-0.4, -0.2) is 52.5 Å². The van der Waals surface area contributed by atoms with Gasteiger partial charge in [0.05, 0.1) is 30.3 Å². The van der Waals surface area contributed by atoms with Crippen molar-refractivity contribution in [1.82, 2.24) is 19.7 Å². The van der Waals surface area contributed by atoms with Crippen molar-refractivity contribution in [3.8, 4) is 11.3 Å². The van der Waals surface area contributed by atoms with Crippen molar-refractivity contribution >= 4 is 34.3 Å². The topological polar surface area (TPSA) is 43.2 Å². The normalized spacial score (nSPS) is 17.0. The van der Waals surface area contributed by atoms with Crippen LogP contribution in [-0.2, 0) is 11.3 Å². The van der Waals surface area contributed by atoms with E-state index in [9.17, 15) is 0 Å². The molecule has 0 saturated carbocycles. The molecule has 7 heteroatoms. The van der Waals surface area contributed by atoms with Crippen molar-refractivity contribution in [2.45, 2.75) is 16.5 Å². The Hall–Kier alpha value is -1.60. The average Bonchev–Trinajstić information content (AvgIpc) is 3.03. The molecule has 0 atom stereocenters. The van der Waals surface area contributed by atoms with E-state index in [1.165, 1.54) is 0 Å². The second-order valence-electron chi connectivity index (χ2n) is 6.25. The molecule has 5 rings (SSSR count). The van der Waals surface area contributed by atoms with Crippen LogP contribution in [0.1, 0.15) is 0 Å². The fourth-order valence-corrected chi connectivity index (χ4v) is 4.81. The fraction of sp³-hybridized carbons (Fsp3) is 0.333. The van der Waals surface area contributed by atoms with Crippen molar-refractivity contribution in [3.63, 3.8) is 0 Å². The molecule has 0 bridgehead atoms. The van der Waals surface area contributed by atoms with Gasteiger partial charge in [-0.3, -0.25) is 9.58 Å². The van der Waals surface area contributed by atoms with E-state index in [2.05, 4.69) is 26.7 Å². The number of hydrogen-bond donors (Lipinski definition) is 0. The second kappa shape index (κ2) is 6.29. The molecule has 2 aliphatic rings. The largest absolute Gasteiger partial charge is 0.379 e.